The number of benzene rings is 2. The molecule has 0 aliphatic rings. The Balaban J connectivity index is 1.93. The second-order valence-electron chi connectivity index (χ2n) is 6.96. The SMILES string of the molecule is COc1cc(CN(CC(=O)c2ccc(C)c(F)c2)c2ccccn2)cc(OC)c1OC. The summed E-state index contributed by atoms with van der Waals surface area (Å²) in [6, 6.07) is 13.6. The van der Waals surface area contributed by atoms with E-state index < -0.39 is 5.82 Å². The van der Waals surface area contributed by atoms with Crippen LogP contribution in [0.5, 0.6) is 17.2 Å². The smallest absolute Gasteiger partial charge is 0.203 e. The lowest BCUT2D eigenvalue weighted by atomic mass is 10.1. The molecule has 0 atom stereocenters. The second-order valence-corrected chi connectivity index (χ2v) is 6.96. The van der Waals surface area contributed by atoms with Gasteiger partial charge in [0.1, 0.15) is 11.6 Å². The van der Waals surface area contributed by atoms with Crippen molar-refractivity contribution >= 4 is 11.6 Å². The molecule has 162 valence electrons. The Labute approximate surface area is 181 Å². The number of Topliss-reactive ketones (excluding diaryl/α,β-unsaturated/α-hetero) is 1. The minimum Gasteiger partial charge on any atom is -0.493 e. The molecule has 6 nitrogen and oxygen atoms in total. The normalized spacial score (nSPS) is 10.5. The molecule has 0 amide bonds. The number of anilines is 1. The Morgan fingerprint density at radius 3 is 2.26 bits per heavy atom. The van der Waals surface area contributed by atoms with Crippen LogP contribution >= 0.6 is 0 Å². The summed E-state index contributed by atoms with van der Waals surface area (Å²) in [5.41, 5.74) is 1.65. The van der Waals surface area contributed by atoms with Crippen LogP contribution in [0.15, 0.2) is 54.7 Å². The Morgan fingerprint density at radius 1 is 1.00 bits per heavy atom. The van der Waals surface area contributed by atoms with E-state index in [4.69, 9.17) is 14.2 Å². The zero-order valence-electron chi connectivity index (χ0n) is 18.0. The molecule has 0 saturated carbocycles. The van der Waals surface area contributed by atoms with E-state index in [9.17, 15) is 9.18 Å². The number of aromatic nitrogens is 1. The van der Waals surface area contributed by atoms with E-state index in [1.54, 1.807) is 52.6 Å². The van der Waals surface area contributed by atoms with Crippen LogP contribution in [0.25, 0.3) is 0 Å². The number of nitrogens with zero attached hydrogens (tertiary/aromatic N) is 2. The summed E-state index contributed by atoms with van der Waals surface area (Å²) in [6.07, 6.45) is 1.66. The Hall–Kier alpha value is -3.61. The molecule has 3 aromatic rings. The van der Waals surface area contributed by atoms with Gasteiger partial charge in [0.15, 0.2) is 17.3 Å². The van der Waals surface area contributed by atoms with Crippen molar-refractivity contribution in [3.63, 3.8) is 0 Å². The van der Waals surface area contributed by atoms with Gasteiger partial charge in [0.2, 0.25) is 5.75 Å². The number of halogens is 1. The first kappa shape index (κ1) is 22.1. The van der Waals surface area contributed by atoms with Crippen molar-refractivity contribution in [2.24, 2.45) is 0 Å². The highest BCUT2D eigenvalue weighted by molar-refractivity contribution is 5.99. The third-order valence-electron chi connectivity index (χ3n) is 4.90. The van der Waals surface area contributed by atoms with Gasteiger partial charge in [-0.15, -0.1) is 0 Å². The van der Waals surface area contributed by atoms with Crippen molar-refractivity contribution in [3.8, 4) is 17.2 Å². The van der Waals surface area contributed by atoms with E-state index in [-0.39, 0.29) is 12.3 Å². The highest BCUT2D eigenvalue weighted by Crippen LogP contribution is 2.38. The van der Waals surface area contributed by atoms with Gasteiger partial charge in [0, 0.05) is 18.3 Å². The standard InChI is InChI=1S/C24H25FN2O4/c1-16-8-9-18(13-19(16)25)20(28)15-27(23-7-5-6-10-26-23)14-17-11-21(29-2)24(31-4)22(12-17)30-3/h5-13H,14-15H2,1-4H3. The van der Waals surface area contributed by atoms with Crippen LogP contribution in [-0.4, -0.2) is 38.6 Å². The third kappa shape index (κ3) is 5.12. The van der Waals surface area contributed by atoms with Gasteiger partial charge in [-0.1, -0.05) is 18.2 Å². The maximum absolute atomic E-state index is 14.0. The summed E-state index contributed by atoms with van der Waals surface area (Å²) in [4.78, 5) is 19.1. The number of rotatable bonds is 9. The Bertz CT molecular complexity index is 1030. The largest absolute Gasteiger partial charge is 0.493 e. The minimum absolute atomic E-state index is 0.0240. The molecule has 0 fully saturated rings. The molecule has 0 aliphatic carbocycles. The number of hydrogen-bond acceptors (Lipinski definition) is 6. The molecule has 0 saturated heterocycles. The van der Waals surface area contributed by atoms with E-state index in [1.807, 2.05) is 29.2 Å². The summed E-state index contributed by atoms with van der Waals surface area (Å²) >= 11 is 0. The molecule has 1 heterocycles. The predicted octanol–water partition coefficient (Wildman–Crippen LogP) is 4.44. The van der Waals surface area contributed by atoms with E-state index >= 15 is 0 Å². The fourth-order valence-corrected chi connectivity index (χ4v) is 3.24. The van der Waals surface area contributed by atoms with E-state index in [2.05, 4.69) is 4.98 Å². The summed E-state index contributed by atoms with van der Waals surface area (Å²) in [5, 5.41) is 0. The van der Waals surface area contributed by atoms with Gasteiger partial charge in [-0.3, -0.25) is 4.79 Å². The van der Waals surface area contributed by atoms with Gasteiger partial charge in [0.25, 0.3) is 0 Å². The maximum atomic E-state index is 14.0. The predicted molar refractivity (Wildman–Crippen MR) is 117 cm³/mol. The van der Waals surface area contributed by atoms with Gasteiger partial charge in [0.05, 0.1) is 27.9 Å². The number of carbonyl (C=O) groups is 1. The monoisotopic (exact) mass is 424 g/mol. The number of ketones is 1. The van der Waals surface area contributed by atoms with Crippen LogP contribution in [0.1, 0.15) is 21.5 Å². The van der Waals surface area contributed by atoms with Crippen LogP contribution in [0.4, 0.5) is 10.2 Å². The van der Waals surface area contributed by atoms with E-state index in [1.165, 1.54) is 6.07 Å². The first-order valence-corrected chi connectivity index (χ1v) is 9.71. The molecule has 0 bridgehead atoms. The van der Waals surface area contributed by atoms with Crippen LogP contribution < -0.4 is 19.1 Å². The van der Waals surface area contributed by atoms with Crippen molar-refractivity contribution < 1.29 is 23.4 Å². The van der Waals surface area contributed by atoms with Gasteiger partial charge in [-0.2, -0.15) is 0 Å². The zero-order valence-corrected chi connectivity index (χ0v) is 18.0. The number of aryl methyl sites for hydroxylation is 1. The number of pyridine rings is 1. The van der Waals surface area contributed by atoms with Crippen molar-refractivity contribution in [1.29, 1.82) is 0 Å². The van der Waals surface area contributed by atoms with Crippen LogP contribution in [0.3, 0.4) is 0 Å². The number of ether oxygens (including phenoxy) is 3. The lowest BCUT2D eigenvalue weighted by Crippen LogP contribution is -2.30. The summed E-state index contributed by atoms with van der Waals surface area (Å²) in [5.74, 6) is 1.54. The van der Waals surface area contributed by atoms with Crippen LogP contribution in [0, 0.1) is 12.7 Å². The number of methoxy groups -OCH3 is 3. The number of carbonyl (C=O) groups excluding carboxylic acids is 1. The average molecular weight is 424 g/mol. The fourth-order valence-electron chi connectivity index (χ4n) is 3.24. The molecule has 0 aliphatic heterocycles. The summed E-state index contributed by atoms with van der Waals surface area (Å²) in [7, 11) is 4.64. The van der Waals surface area contributed by atoms with Gasteiger partial charge in [-0.05, 0) is 48.4 Å². The molecule has 0 N–H and O–H groups in total. The lowest BCUT2D eigenvalue weighted by Gasteiger charge is -2.24. The summed E-state index contributed by atoms with van der Waals surface area (Å²) in [6.45, 7) is 2.04. The molecule has 0 spiro atoms. The molecule has 1 aromatic heterocycles. The van der Waals surface area contributed by atoms with Gasteiger partial charge in [-0.25, -0.2) is 9.37 Å². The van der Waals surface area contributed by atoms with E-state index in [0.29, 0.717) is 40.7 Å². The second kappa shape index (κ2) is 9.93. The third-order valence-corrected chi connectivity index (χ3v) is 4.90. The lowest BCUT2D eigenvalue weighted by molar-refractivity contribution is 0.0998. The molecule has 2 aromatic carbocycles. The van der Waals surface area contributed by atoms with Gasteiger partial charge < -0.3 is 19.1 Å². The fraction of sp³-hybridized carbons (Fsp3) is 0.250. The molecule has 3 rings (SSSR count). The molecule has 0 unspecified atom stereocenters. The average Bonchev–Trinajstić information content (AvgIpc) is 2.80. The molecule has 31 heavy (non-hydrogen) atoms. The summed E-state index contributed by atoms with van der Waals surface area (Å²) < 4.78 is 30.2. The first-order valence-electron chi connectivity index (χ1n) is 9.71. The van der Waals surface area contributed by atoms with Crippen molar-refractivity contribution in [3.05, 3.63) is 77.2 Å². The number of hydrogen-bond donors (Lipinski definition) is 0. The van der Waals surface area contributed by atoms with Crippen molar-refractivity contribution in [1.82, 2.24) is 4.98 Å². The highest BCUT2D eigenvalue weighted by Gasteiger charge is 2.19. The maximum Gasteiger partial charge on any atom is 0.203 e. The molecular weight excluding hydrogens is 399 g/mol. The highest BCUT2D eigenvalue weighted by atomic mass is 19.1. The Kier molecular flexibility index (Phi) is 7.07. The quantitative estimate of drug-likeness (QED) is 0.473. The van der Waals surface area contributed by atoms with E-state index in [0.717, 1.165) is 5.56 Å². The van der Waals surface area contributed by atoms with Crippen LogP contribution in [0.2, 0.25) is 0 Å². The minimum atomic E-state index is -0.403. The van der Waals surface area contributed by atoms with Crippen LogP contribution in [-0.2, 0) is 6.54 Å². The molecular formula is C24H25FN2O4. The van der Waals surface area contributed by atoms with Crippen molar-refractivity contribution in [2.75, 3.05) is 32.8 Å². The van der Waals surface area contributed by atoms with Gasteiger partial charge >= 0.3 is 0 Å². The topological polar surface area (TPSA) is 60.9 Å². The zero-order chi connectivity index (χ0) is 22.4. The van der Waals surface area contributed by atoms with Crippen molar-refractivity contribution in [2.45, 2.75) is 13.5 Å². The molecule has 7 heteroatoms. The first-order chi connectivity index (χ1) is 15.0. The molecule has 0 radical (unpaired) electrons. The Morgan fingerprint density at radius 2 is 1.71 bits per heavy atom.